The fourth-order valence-electron chi connectivity index (χ4n) is 2.57. The highest BCUT2D eigenvalue weighted by molar-refractivity contribution is 9.10. The third-order valence-electron chi connectivity index (χ3n) is 3.68. The molecular formula is C14H20Br2N2. The highest BCUT2D eigenvalue weighted by Crippen LogP contribution is 2.29. The van der Waals surface area contributed by atoms with Crippen LogP contribution < -0.4 is 4.90 Å². The average molecular weight is 376 g/mol. The van der Waals surface area contributed by atoms with Crippen molar-refractivity contribution in [2.24, 2.45) is 0 Å². The maximum absolute atomic E-state index is 3.70. The van der Waals surface area contributed by atoms with Gasteiger partial charge >= 0.3 is 0 Å². The molecule has 0 spiro atoms. The molecule has 1 atom stereocenters. The highest BCUT2D eigenvalue weighted by Gasteiger charge is 2.23. The zero-order valence-corrected chi connectivity index (χ0v) is 14.2. The van der Waals surface area contributed by atoms with Gasteiger partial charge in [0.25, 0.3) is 0 Å². The minimum absolute atomic E-state index is 0.631. The van der Waals surface area contributed by atoms with Crippen LogP contribution in [0.1, 0.15) is 19.4 Å². The van der Waals surface area contributed by atoms with Crippen LogP contribution in [-0.4, -0.2) is 37.1 Å². The molecule has 0 saturated carbocycles. The Bertz CT molecular complexity index is 409. The van der Waals surface area contributed by atoms with Crippen LogP contribution in [0.5, 0.6) is 0 Å². The molecule has 0 aliphatic carbocycles. The van der Waals surface area contributed by atoms with Crippen LogP contribution >= 0.6 is 31.9 Å². The Balaban J connectivity index is 2.13. The number of hydrogen-bond donors (Lipinski definition) is 0. The molecule has 18 heavy (non-hydrogen) atoms. The van der Waals surface area contributed by atoms with Crippen LogP contribution in [0.15, 0.2) is 22.7 Å². The van der Waals surface area contributed by atoms with E-state index in [1.807, 2.05) is 0 Å². The molecule has 1 unspecified atom stereocenters. The zero-order chi connectivity index (χ0) is 13.1. The third-order valence-corrected chi connectivity index (χ3v) is 4.96. The lowest BCUT2D eigenvalue weighted by Gasteiger charge is -2.40. The van der Waals surface area contributed by atoms with Crippen LogP contribution in [0.25, 0.3) is 0 Å². The van der Waals surface area contributed by atoms with Crippen molar-refractivity contribution in [2.45, 2.75) is 25.2 Å². The molecule has 1 saturated heterocycles. The smallest absolute Gasteiger partial charge is 0.0511 e. The molecule has 4 heteroatoms. The van der Waals surface area contributed by atoms with Gasteiger partial charge in [-0.1, -0.05) is 28.9 Å². The number of halogens is 2. The Labute approximate surface area is 127 Å². The molecular weight excluding hydrogens is 356 g/mol. The number of likely N-dealkylation sites (N-methyl/N-ethyl adjacent to an activating group) is 1. The summed E-state index contributed by atoms with van der Waals surface area (Å²) in [5.41, 5.74) is 2.63. The maximum atomic E-state index is 3.70. The second-order valence-corrected chi connectivity index (χ2v) is 6.26. The summed E-state index contributed by atoms with van der Waals surface area (Å²) in [5, 5.41) is 0.909. The molecule has 1 aliphatic rings. The lowest BCUT2D eigenvalue weighted by molar-refractivity contribution is 0.199. The monoisotopic (exact) mass is 374 g/mol. The minimum atomic E-state index is 0.631. The van der Waals surface area contributed by atoms with Crippen molar-refractivity contribution in [1.29, 1.82) is 0 Å². The molecule has 0 aromatic heterocycles. The largest absolute Gasteiger partial charge is 0.368 e. The normalized spacial score (nSPS) is 21.3. The van der Waals surface area contributed by atoms with Crippen LogP contribution in [0.3, 0.4) is 0 Å². The Hall–Kier alpha value is -0.0600. The molecule has 0 amide bonds. The topological polar surface area (TPSA) is 6.48 Å². The van der Waals surface area contributed by atoms with E-state index in [2.05, 4.69) is 73.7 Å². The Kier molecular flexibility index (Phi) is 5.10. The minimum Gasteiger partial charge on any atom is -0.368 e. The number of piperazine rings is 1. The molecule has 100 valence electrons. The summed E-state index contributed by atoms with van der Waals surface area (Å²) in [7, 11) is 0. The maximum Gasteiger partial charge on any atom is 0.0511 e. The number of alkyl halides is 1. The summed E-state index contributed by atoms with van der Waals surface area (Å²) < 4.78 is 1.21. The first-order chi connectivity index (χ1) is 8.65. The van der Waals surface area contributed by atoms with Crippen LogP contribution in [0, 0.1) is 0 Å². The van der Waals surface area contributed by atoms with Gasteiger partial charge in [-0.3, -0.25) is 4.90 Å². The lowest BCUT2D eigenvalue weighted by Crippen LogP contribution is -2.51. The quantitative estimate of drug-likeness (QED) is 0.739. The standard InChI is InChI=1S/C14H20Br2N2/c1-3-17-6-7-18(10-11(17)2)14-5-4-12(9-15)8-13(14)16/h4-5,8,11H,3,6-7,9-10H2,1-2H3. The van der Waals surface area contributed by atoms with Crippen molar-refractivity contribution < 1.29 is 0 Å². The van der Waals surface area contributed by atoms with Gasteiger partial charge in [0.1, 0.15) is 0 Å². The number of benzene rings is 1. The molecule has 1 fully saturated rings. The van der Waals surface area contributed by atoms with Gasteiger partial charge in [-0.25, -0.2) is 0 Å². The molecule has 0 radical (unpaired) electrons. The Morgan fingerprint density at radius 1 is 1.33 bits per heavy atom. The van der Waals surface area contributed by atoms with Crippen molar-refractivity contribution in [3.05, 3.63) is 28.2 Å². The molecule has 1 aromatic rings. The molecule has 1 heterocycles. The van der Waals surface area contributed by atoms with E-state index < -0.39 is 0 Å². The first kappa shape index (κ1) is 14.4. The first-order valence-corrected chi connectivity index (χ1v) is 8.40. The van der Waals surface area contributed by atoms with E-state index in [0.717, 1.165) is 31.5 Å². The van der Waals surface area contributed by atoms with Gasteiger partial charge in [-0.2, -0.15) is 0 Å². The summed E-state index contributed by atoms with van der Waals surface area (Å²) in [6.45, 7) is 9.09. The predicted molar refractivity (Wildman–Crippen MR) is 85.7 cm³/mol. The molecule has 0 N–H and O–H groups in total. The predicted octanol–water partition coefficient (Wildman–Crippen LogP) is 3.87. The summed E-state index contributed by atoms with van der Waals surface area (Å²) in [6.07, 6.45) is 0. The molecule has 2 nitrogen and oxygen atoms in total. The van der Waals surface area contributed by atoms with Crippen molar-refractivity contribution >= 4 is 37.5 Å². The number of nitrogens with zero attached hydrogens (tertiary/aromatic N) is 2. The second kappa shape index (κ2) is 6.40. The van der Waals surface area contributed by atoms with Crippen LogP contribution in [0.2, 0.25) is 0 Å². The molecule has 1 aliphatic heterocycles. The van der Waals surface area contributed by atoms with Gasteiger partial charge in [0, 0.05) is 35.5 Å². The van der Waals surface area contributed by atoms with Crippen LogP contribution in [0.4, 0.5) is 5.69 Å². The molecule has 0 bridgehead atoms. The van der Waals surface area contributed by atoms with Crippen molar-refractivity contribution in [3.63, 3.8) is 0 Å². The van der Waals surface area contributed by atoms with Gasteiger partial charge in [0.15, 0.2) is 0 Å². The van der Waals surface area contributed by atoms with E-state index >= 15 is 0 Å². The van der Waals surface area contributed by atoms with Gasteiger partial charge in [-0.15, -0.1) is 0 Å². The fourth-order valence-corrected chi connectivity index (χ4v) is 3.60. The van der Waals surface area contributed by atoms with Gasteiger partial charge < -0.3 is 4.90 Å². The van der Waals surface area contributed by atoms with E-state index in [4.69, 9.17) is 0 Å². The summed E-state index contributed by atoms with van der Waals surface area (Å²) >= 11 is 7.20. The van der Waals surface area contributed by atoms with Crippen molar-refractivity contribution in [2.75, 3.05) is 31.1 Å². The second-order valence-electron chi connectivity index (χ2n) is 4.84. The zero-order valence-electron chi connectivity index (χ0n) is 11.0. The SMILES string of the molecule is CCN1CCN(c2ccc(CBr)cc2Br)CC1C. The fraction of sp³-hybridized carbons (Fsp3) is 0.571. The Morgan fingerprint density at radius 2 is 2.11 bits per heavy atom. The first-order valence-electron chi connectivity index (χ1n) is 6.49. The van der Waals surface area contributed by atoms with E-state index in [9.17, 15) is 0 Å². The van der Waals surface area contributed by atoms with Crippen molar-refractivity contribution in [3.8, 4) is 0 Å². The van der Waals surface area contributed by atoms with Crippen LogP contribution in [-0.2, 0) is 5.33 Å². The molecule has 1 aromatic carbocycles. The highest BCUT2D eigenvalue weighted by atomic mass is 79.9. The van der Waals surface area contributed by atoms with E-state index in [-0.39, 0.29) is 0 Å². The Morgan fingerprint density at radius 3 is 2.67 bits per heavy atom. The van der Waals surface area contributed by atoms with Crippen molar-refractivity contribution in [1.82, 2.24) is 4.90 Å². The van der Waals surface area contributed by atoms with Gasteiger partial charge in [-0.05, 0) is 47.1 Å². The van der Waals surface area contributed by atoms with E-state index in [1.165, 1.54) is 15.7 Å². The summed E-state index contributed by atoms with van der Waals surface area (Å²) in [4.78, 5) is 5.02. The van der Waals surface area contributed by atoms with E-state index in [1.54, 1.807) is 0 Å². The summed E-state index contributed by atoms with van der Waals surface area (Å²) in [6, 6.07) is 7.27. The third kappa shape index (κ3) is 3.09. The van der Waals surface area contributed by atoms with Gasteiger partial charge in [0.05, 0.1) is 5.69 Å². The average Bonchev–Trinajstić information content (AvgIpc) is 2.38. The molecule has 2 rings (SSSR count). The number of rotatable bonds is 3. The summed E-state index contributed by atoms with van der Waals surface area (Å²) in [5.74, 6) is 0. The van der Waals surface area contributed by atoms with Gasteiger partial charge in [0.2, 0.25) is 0 Å². The number of anilines is 1. The number of hydrogen-bond acceptors (Lipinski definition) is 2. The van der Waals surface area contributed by atoms with E-state index in [0.29, 0.717) is 6.04 Å². The lowest BCUT2D eigenvalue weighted by atomic mass is 10.1.